The number of aliphatic carboxylic acids is 1. The Morgan fingerprint density at radius 3 is 2.20 bits per heavy atom. The summed E-state index contributed by atoms with van der Waals surface area (Å²) in [5, 5.41) is 13.1. The summed E-state index contributed by atoms with van der Waals surface area (Å²) < 4.78 is 10.3. The predicted molar refractivity (Wildman–Crippen MR) is 107 cm³/mol. The van der Waals surface area contributed by atoms with Crippen LogP contribution in [0.3, 0.4) is 0 Å². The van der Waals surface area contributed by atoms with Gasteiger partial charge < -0.3 is 24.7 Å². The summed E-state index contributed by atoms with van der Waals surface area (Å²) in [6.45, 7) is 3.47. The lowest BCUT2D eigenvalue weighted by molar-refractivity contribution is -0.305. The molecule has 0 saturated heterocycles. The molecule has 0 heterocycles. The van der Waals surface area contributed by atoms with Crippen LogP contribution in [0.2, 0.25) is 0 Å². The Balaban J connectivity index is 1.66. The zero-order valence-corrected chi connectivity index (χ0v) is 16.3. The minimum atomic E-state index is -1.33. The molecule has 2 aromatic carbocycles. The van der Waals surface area contributed by atoms with Crippen LogP contribution in [-0.2, 0) is 19.1 Å². The number of alkyl carbamates (subject to hydrolysis) is 1. The molecule has 0 aliphatic heterocycles. The molecule has 7 nitrogen and oxygen atoms in total. The fraction of sp³-hybridized carbons (Fsp3) is 0.261. The summed E-state index contributed by atoms with van der Waals surface area (Å²) in [7, 11) is 0. The van der Waals surface area contributed by atoms with E-state index in [1.165, 1.54) is 6.08 Å². The zero-order valence-electron chi connectivity index (χ0n) is 16.3. The van der Waals surface area contributed by atoms with E-state index in [2.05, 4.69) is 11.9 Å². The Bertz CT molecular complexity index is 909. The molecule has 2 aromatic rings. The number of esters is 1. The van der Waals surface area contributed by atoms with Gasteiger partial charge >= 0.3 is 12.1 Å². The van der Waals surface area contributed by atoms with Crippen molar-refractivity contribution in [3.8, 4) is 11.1 Å². The Morgan fingerprint density at radius 2 is 1.63 bits per heavy atom. The summed E-state index contributed by atoms with van der Waals surface area (Å²) in [6, 6.07) is 14.7. The van der Waals surface area contributed by atoms with Crippen molar-refractivity contribution in [2.24, 2.45) is 0 Å². The van der Waals surface area contributed by atoms with Crippen LogP contribution in [0.25, 0.3) is 11.1 Å². The number of hydrogen-bond acceptors (Lipinski definition) is 6. The summed E-state index contributed by atoms with van der Waals surface area (Å²) in [4.78, 5) is 35.2. The molecule has 1 aliphatic carbocycles. The second-order valence-corrected chi connectivity index (χ2v) is 6.85. The van der Waals surface area contributed by atoms with E-state index in [0.717, 1.165) is 22.3 Å². The van der Waals surface area contributed by atoms with Gasteiger partial charge in [0.25, 0.3) is 0 Å². The molecule has 3 rings (SSSR count). The summed E-state index contributed by atoms with van der Waals surface area (Å²) >= 11 is 0. The Hall–Kier alpha value is -3.61. The zero-order chi connectivity index (χ0) is 21.5. The van der Waals surface area contributed by atoms with Gasteiger partial charge in [-0.3, -0.25) is 0 Å². The quantitative estimate of drug-likeness (QED) is 0.504. The van der Waals surface area contributed by atoms with Crippen molar-refractivity contribution < 1.29 is 29.0 Å². The summed E-state index contributed by atoms with van der Waals surface area (Å²) in [5.41, 5.74) is 4.32. The van der Waals surface area contributed by atoms with Gasteiger partial charge in [0.15, 0.2) is 0 Å². The van der Waals surface area contributed by atoms with Crippen molar-refractivity contribution in [2.45, 2.75) is 24.8 Å². The third-order valence-corrected chi connectivity index (χ3v) is 4.90. The van der Waals surface area contributed by atoms with E-state index < -0.39 is 30.5 Å². The van der Waals surface area contributed by atoms with Gasteiger partial charge in [-0.2, -0.15) is 0 Å². The van der Waals surface area contributed by atoms with Crippen molar-refractivity contribution in [3.63, 3.8) is 0 Å². The maximum absolute atomic E-state index is 12.3. The fourth-order valence-corrected chi connectivity index (χ4v) is 3.54. The van der Waals surface area contributed by atoms with Gasteiger partial charge in [0.05, 0.1) is 0 Å². The SMILES string of the molecule is C=CCOC(=O)[C@H](CCC(=O)[O-])NC(=O)OCC1c2ccccc2-c2ccccc21. The second-order valence-electron chi connectivity index (χ2n) is 6.85. The minimum Gasteiger partial charge on any atom is -0.550 e. The van der Waals surface area contributed by atoms with Crippen LogP contribution in [-0.4, -0.2) is 37.3 Å². The number of fused-ring (bicyclic) bond motifs is 3. The second kappa shape index (κ2) is 9.73. The molecule has 7 heteroatoms. The first-order chi connectivity index (χ1) is 14.5. The average Bonchev–Trinajstić information content (AvgIpc) is 3.07. The molecule has 156 valence electrons. The van der Waals surface area contributed by atoms with Crippen molar-refractivity contribution >= 4 is 18.0 Å². The first kappa shape index (κ1) is 21.1. The lowest BCUT2D eigenvalue weighted by Crippen LogP contribution is -2.43. The average molecular weight is 408 g/mol. The fourth-order valence-electron chi connectivity index (χ4n) is 3.54. The molecular formula is C23H22NO6-. The van der Waals surface area contributed by atoms with E-state index in [0.29, 0.717) is 0 Å². The highest BCUT2D eigenvalue weighted by Gasteiger charge is 2.30. The molecule has 1 atom stereocenters. The van der Waals surface area contributed by atoms with E-state index in [1.54, 1.807) is 0 Å². The Kier molecular flexibility index (Phi) is 6.85. The summed E-state index contributed by atoms with van der Waals surface area (Å²) in [5.74, 6) is -2.21. The number of carbonyl (C=O) groups is 3. The molecule has 0 fully saturated rings. The minimum absolute atomic E-state index is 0.0486. The topological polar surface area (TPSA) is 105 Å². The summed E-state index contributed by atoms with van der Waals surface area (Å²) in [6.07, 6.45) is -0.0168. The number of hydrogen-bond donors (Lipinski definition) is 1. The van der Waals surface area contributed by atoms with E-state index in [-0.39, 0.29) is 25.6 Å². The van der Waals surface area contributed by atoms with Gasteiger partial charge in [-0.1, -0.05) is 61.2 Å². The number of carboxylic acids is 1. The molecule has 0 spiro atoms. The molecule has 1 N–H and O–H groups in total. The van der Waals surface area contributed by atoms with Gasteiger partial charge in [-0.25, -0.2) is 9.59 Å². The molecule has 0 bridgehead atoms. The highest BCUT2D eigenvalue weighted by molar-refractivity contribution is 5.82. The van der Waals surface area contributed by atoms with Crippen molar-refractivity contribution in [1.82, 2.24) is 5.32 Å². The smallest absolute Gasteiger partial charge is 0.407 e. The monoisotopic (exact) mass is 408 g/mol. The van der Waals surface area contributed by atoms with Gasteiger partial charge in [0.1, 0.15) is 19.3 Å². The first-order valence-corrected chi connectivity index (χ1v) is 9.60. The standard InChI is InChI=1S/C23H23NO6/c1-2-13-29-22(27)20(11-12-21(25)26)24-23(28)30-14-19-17-9-5-3-7-15(17)16-8-4-6-10-18(16)19/h2-10,19-20H,1,11-14H2,(H,24,28)(H,25,26)/p-1/t20-/m0/s1. The lowest BCUT2D eigenvalue weighted by Gasteiger charge is -2.19. The third-order valence-electron chi connectivity index (χ3n) is 4.90. The molecule has 30 heavy (non-hydrogen) atoms. The van der Waals surface area contributed by atoms with Crippen LogP contribution in [0.5, 0.6) is 0 Å². The third kappa shape index (κ3) is 4.86. The largest absolute Gasteiger partial charge is 0.550 e. The molecule has 0 unspecified atom stereocenters. The van der Waals surface area contributed by atoms with Crippen molar-refractivity contribution in [2.75, 3.05) is 13.2 Å². The van der Waals surface area contributed by atoms with E-state index in [9.17, 15) is 19.5 Å². The van der Waals surface area contributed by atoms with Crippen LogP contribution in [0.4, 0.5) is 4.79 Å². The first-order valence-electron chi connectivity index (χ1n) is 9.60. The molecular weight excluding hydrogens is 386 g/mol. The maximum Gasteiger partial charge on any atom is 0.407 e. The van der Waals surface area contributed by atoms with E-state index >= 15 is 0 Å². The van der Waals surface area contributed by atoms with Crippen molar-refractivity contribution in [1.29, 1.82) is 0 Å². The highest BCUT2D eigenvalue weighted by Crippen LogP contribution is 2.44. The predicted octanol–water partition coefficient (Wildman–Crippen LogP) is 2.15. The number of rotatable bonds is 9. The molecule has 0 saturated carbocycles. The number of carbonyl (C=O) groups excluding carboxylic acids is 3. The van der Waals surface area contributed by atoms with Crippen LogP contribution >= 0.6 is 0 Å². The van der Waals surface area contributed by atoms with Gasteiger partial charge in [0.2, 0.25) is 0 Å². The van der Waals surface area contributed by atoms with Crippen LogP contribution in [0.15, 0.2) is 61.2 Å². The normalized spacial score (nSPS) is 12.9. The van der Waals surface area contributed by atoms with Crippen LogP contribution < -0.4 is 10.4 Å². The number of nitrogens with one attached hydrogen (secondary N) is 1. The highest BCUT2D eigenvalue weighted by atomic mass is 16.6. The number of amides is 1. The number of ether oxygens (including phenoxy) is 2. The van der Waals surface area contributed by atoms with E-state index in [4.69, 9.17) is 9.47 Å². The van der Waals surface area contributed by atoms with Gasteiger partial charge in [-0.05, 0) is 35.1 Å². The van der Waals surface area contributed by atoms with E-state index in [1.807, 2.05) is 48.5 Å². The maximum atomic E-state index is 12.3. The Morgan fingerprint density at radius 1 is 1.03 bits per heavy atom. The Labute approximate surface area is 174 Å². The lowest BCUT2D eigenvalue weighted by atomic mass is 9.98. The molecule has 0 radical (unpaired) electrons. The van der Waals surface area contributed by atoms with Crippen molar-refractivity contribution in [3.05, 3.63) is 72.3 Å². The molecule has 0 aromatic heterocycles. The molecule has 1 aliphatic rings. The van der Waals surface area contributed by atoms with Crippen LogP contribution in [0.1, 0.15) is 29.9 Å². The molecule has 1 amide bonds. The number of benzene rings is 2. The van der Waals surface area contributed by atoms with Crippen LogP contribution in [0, 0.1) is 0 Å². The van der Waals surface area contributed by atoms with Gasteiger partial charge in [-0.15, -0.1) is 0 Å². The number of carboxylic acid groups (broad SMARTS) is 1. The van der Waals surface area contributed by atoms with Gasteiger partial charge in [0, 0.05) is 11.9 Å².